The Morgan fingerprint density at radius 1 is 0.897 bits per heavy atom. The Morgan fingerprint density at radius 2 is 1.45 bits per heavy atom. The van der Waals surface area contributed by atoms with Crippen molar-refractivity contribution < 1.29 is 9.59 Å². The lowest BCUT2D eigenvalue weighted by Crippen LogP contribution is -2.62. The molecule has 3 amide bonds. The van der Waals surface area contributed by atoms with Crippen molar-refractivity contribution >= 4 is 17.6 Å². The van der Waals surface area contributed by atoms with Crippen LogP contribution in [0, 0.1) is 0 Å². The number of carbonyl (C=O) groups excluding carboxylic acids is 2. The summed E-state index contributed by atoms with van der Waals surface area (Å²) in [7, 11) is 0. The average molecular weight is 392 g/mol. The van der Waals surface area contributed by atoms with E-state index in [0.29, 0.717) is 19.4 Å². The molecule has 2 aliphatic heterocycles. The highest BCUT2D eigenvalue weighted by molar-refractivity contribution is 6.17. The first-order chi connectivity index (χ1) is 14.1. The van der Waals surface area contributed by atoms with Crippen molar-refractivity contribution in [2.24, 2.45) is 0 Å². The Balaban J connectivity index is 1.78. The Morgan fingerprint density at radius 3 is 2.00 bits per heavy atom. The molecule has 0 bridgehead atoms. The molecule has 1 unspecified atom stereocenters. The summed E-state index contributed by atoms with van der Waals surface area (Å²) in [6, 6.07) is 19.6. The van der Waals surface area contributed by atoms with Gasteiger partial charge in [0, 0.05) is 17.8 Å². The zero-order chi connectivity index (χ0) is 20.4. The average Bonchev–Trinajstić information content (AvgIpc) is 2.95. The zero-order valence-electron chi connectivity index (χ0n) is 17.2. The number of hydrogen-bond acceptors (Lipinski definition) is 3. The standard InChI is InChI=1S/C24H29N3O2/c1-3-19-15-24(16-20(4-2)25-19)22(28)26(17-18-11-7-5-8-12-18)23(29)27(24)21-13-9-6-10-14-21/h5-14,19-20,25H,3-4,15-17H2,1-2H3/t19-,20+,24?. The Hall–Kier alpha value is -2.66. The maximum Gasteiger partial charge on any atom is 0.332 e. The second-order valence-corrected chi connectivity index (χ2v) is 8.15. The van der Waals surface area contributed by atoms with Gasteiger partial charge < -0.3 is 5.32 Å². The molecule has 0 aromatic heterocycles. The molecule has 2 fully saturated rings. The Kier molecular flexibility index (Phi) is 5.41. The number of nitrogens with zero attached hydrogens (tertiary/aromatic N) is 2. The molecule has 4 rings (SSSR count). The summed E-state index contributed by atoms with van der Waals surface area (Å²) in [5.41, 5.74) is 0.945. The van der Waals surface area contributed by atoms with Crippen LogP contribution in [-0.4, -0.2) is 34.5 Å². The fourth-order valence-corrected chi connectivity index (χ4v) is 4.81. The van der Waals surface area contributed by atoms with Crippen LogP contribution >= 0.6 is 0 Å². The van der Waals surface area contributed by atoms with Crippen LogP contribution in [0.5, 0.6) is 0 Å². The predicted octanol–water partition coefficient (Wildman–Crippen LogP) is 4.33. The van der Waals surface area contributed by atoms with Crippen molar-refractivity contribution in [2.45, 2.75) is 63.7 Å². The van der Waals surface area contributed by atoms with E-state index in [4.69, 9.17) is 0 Å². The minimum absolute atomic E-state index is 0.0615. The van der Waals surface area contributed by atoms with E-state index in [2.05, 4.69) is 19.2 Å². The molecule has 2 aromatic carbocycles. The number of nitrogens with one attached hydrogen (secondary N) is 1. The number of amides is 3. The van der Waals surface area contributed by atoms with E-state index in [0.717, 1.165) is 24.1 Å². The van der Waals surface area contributed by atoms with Gasteiger partial charge in [-0.2, -0.15) is 0 Å². The quantitative estimate of drug-likeness (QED) is 0.772. The van der Waals surface area contributed by atoms with Gasteiger partial charge in [-0.15, -0.1) is 0 Å². The van der Waals surface area contributed by atoms with Gasteiger partial charge in [-0.05, 0) is 43.4 Å². The Bertz CT molecular complexity index is 856. The number of hydrogen-bond donors (Lipinski definition) is 1. The van der Waals surface area contributed by atoms with Crippen LogP contribution in [0.2, 0.25) is 0 Å². The van der Waals surface area contributed by atoms with E-state index in [9.17, 15) is 9.59 Å². The maximum atomic E-state index is 13.8. The van der Waals surface area contributed by atoms with Crippen molar-refractivity contribution in [3.63, 3.8) is 0 Å². The summed E-state index contributed by atoms with van der Waals surface area (Å²) < 4.78 is 0. The zero-order valence-corrected chi connectivity index (χ0v) is 17.2. The van der Waals surface area contributed by atoms with Crippen LogP contribution < -0.4 is 10.2 Å². The van der Waals surface area contributed by atoms with Gasteiger partial charge >= 0.3 is 6.03 Å². The monoisotopic (exact) mass is 391 g/mol. The molecule has 5 heteroatoms. The van der Waals surface area contributed by atoms with Crippen LogP contribution in [0.4, 0.5) is 10.5 Å². The minimum Gasteiger partial charge on any atom is -0.311 e. The summed E-state index contributed by atoms with van der Waals surface area (Å²) in [5.74, 6) is -0.0615. The first-order valence-electron chi connectivity index (χ1n) is 10.6. The van der Waals surface area contributed by atoms with E-state index in [1.807, 2.05) is 60.7 Å². The highest BCUT2D eigenvalue weighted by atomic mass is 16.2. The minimum atomic E-state index is -0.820. The van der Waals surface area contributed by atoms with Gasteiger partial charge in [-0.1, -0.05) is 62.4 Å². The molecule has 1 spiro atoms. The molecule has 29 heavy (non-hydrogen) atoms. The number of para-hydroxylation sites is 1. The second kappa shape index (κ2) is 7.99. The summed E-state index contributed by atoms with van der Waals surface area (Å²) in [5, 5.41) is 3.67. The van der Waals surface area contributed by atoms with E-state index in [1.165, 1.54) is 4.90 Å². The number of urea groups is 1. The number of carbonyl (C=O) groups is 2. The van der Waals surface area contributed by atoms with Crippen LogP contribution in [-0.2, 0) is 11.3 Å². The van der Waals surface area contributed by atoms with Gasteiger partial charge in [0.2, 0.25) is 0 Å². The first-order valence-corrected chi connectivity index (χ1v) is 10.6. The molecule has 0 aliphatic carbocycles. The number of piperidine rings is 1. The van der Waals surface area contributed by atoms with Crippen LogP contribution in [0.25, 0.3) is 0 Å². The van der Waals surface area contributed by atoms with Crippen molar-refractivity contribution in [2.75, 3.05) is 4.90 Å². The molecule has 1 N–H and O–H groups in total. The highest BCUT2D eigenvalue weighted by Crippen LogP contribution is 2.43. The van der Waals surface area contributed by atoms with E-state index >= 15 is 0 Å². The fraction of sp³-hybridized carbons (Fsp3) is 0.417. The summed E-state index contributed by atoms with van der Waals surface area (Å²) in [6.45, 7) is 4.59. The smallest absolute Gasteiger partial charge is 0.311 e. The largest absolute Gasteiger partial charge is 0.332 e. The number of imide groups is 1. The highest BCUT2D eigenvalue weighted by Gasteiger charge is 2.60. The van der Waals surface area contributed by atoms with Crippen LogP contribution in [0.3, 0.4) is 0 Å². The molecule has 3 atom stereocenters. The molecular formula is C24H29N3O2. The molecule has 0 saturated carbocycles. The summed E-state index contributed by atoms with van der Waals surface area (Å²) in [6.07, 6.45) is 3.15. The lowest BCUT2D eigenvalue weighted by Gasteiger charge is -2.45. The molecule has 0 radical (unpaired) electrons. The normalized spacial score (nSPS) is 27.1. The third-order valence-electron chi connectivity index (χ3n) is 6.32. The summed E-state index contributed by atoms with van der Waals surface area (Å²) in [4.78, 5) is 30.7. The number of rotatable bonds is 5. The van der Waals surface area contributed by atoms with Crippen molar-refractivity contribution in [3.8, 4) is 0 Å². The van der Waals surface area contributed by atoms with Crippen LogP contribution in [0.1, 0.15) is 45.1 Å². The van der Waals surface area contributed by atoms with Crippen molar-refractivity contribution in [1.29, 1.82) is 0 Å². The third-order valence-corrected chi connectivity index (χ3v) is 6.32. The SMILES string of the molecule is CC[C@@H]1CC2(C[C@H](CC)N1)C(=O)N(Cc1ccccc1)C(=O)N2c1ccccc1. The van der Waals surface area contributed by atoms with Gasteiger partial charge in [0.1, 0.15) is 5.54 Å². The number of benzene rings is 2. The van der Waals surface area contributed by atoms with Crippen molar-refractivity contribution in [3.05, 3.63) is 66.2 Å². The van der Waals surface area contributed by atoms with Gasteiger partial charge in [0.05, 0.1) is 6.54 Å². The molecule has 2 aliphatic rings. The predicted molar refractivity (Wildman–Crippen MR) is 115 cm³/mol. The van der Waals surface area contributed by atoms with Crippen molar-refractivity contribution in [1.82, 2.24) is 10.2 Å². The number of anilines is 1. The van der Waals surface area contributed by atoms with Gasteiger partial charge in [-0.25, -0.2) is 4.79 Å². The van der Waals surface area contributed by atoms with Gasteiger partial charge in [0.25, 0.3) is 5.91 Å². The Labute approximate surface area is 172 Å². The van der Waals surface area contributed by atoms with Gasteiger partial charge in [0.15, 0.2) is 0 Å². The topological polar surface area (TPSA) is 52.7 Å². The lowest BCUT2D eigenvalue weighted by molar-refractivity contribution is -0.133. The molecule has 2 heterocycles. The molecular weight excluding hydrogens is 362 g/mol. The molecule has 152 valence electrons. The van der Waals surface area contributed by atoms with Crippen LogP contribution in [0.15, 0.2) is 60.7 Å². The lowest BCUT2D eigenvalue weighted by atomic mass is 9.77. The fourth-order valence-electron chi connectivity index (χ4n) is 4.81. The van der Waals surface area contributed by atoms with Gasteiger partial charge in [-0.3, -0.25) is 14.6 Å². The maximum absolute atomic E-state index is 13.8. The molecule has 2 saturated heterocycles. The van der Waals surface area contributed by atoms with E-state index in [-0.39, 0.29) is 24.0 Å². The molecule has 2 aromatic rings. The summed E-state index contributed by atoms with van der Waals surface area (Å²) >= 11 is 0. The first kappa shape index (κ1) is 19.6. The second-order valence-electron chi connectivity index (χ2n) is 8.15. The third kappa shape index (κ3) is 3.44. The van der Waals surface area contributed by atoms with E-state index < -0.39 is 5.54 Å². The van der Waals surface area contributed by atoms with E-state index in [1.54, 1.807) is 4.90 Å². The molecule has 5 nitrogen and oxygen atoms in total.